The summed E-state index contributed by atoms with van der Waals surface area (Å²) < 4.78 is 5.02. The second-order valence-electron chi connectivity index (χ2n) is 3.63. The Morgan fingerprint density at radius 2 is 2.25 bits per heavy atom. The highest BCUT2D eigenvalue weighted by Crippen LogP contribution is 2.24. The Kier molecular flexibility index (Phi) is 4.62. The van der Waals surface area contributed by atoms with E-state index < -0.39 is 0 Å². The van der Waals surface area contributed by atoms with E-state index in [2.05, 4.69) is 5.32 Å². The molecule has 3 nitrogen and oxygen atoms in total. The summed E-state index contributed by atoms with van der Waals surface area (Å²) in [7, 11) is 1.54. The highest BCUT2D eigenvalue weighted by atomic mass is 35.5. The minimum absolute atomic E-state index is 0.112. The number of ether oxygens (including phenoxy) is 1. The van der Waals surface area contributed by atoms with Crippen LogP contribution in [0.5, 0.6) is 5.75 Å². The zero-order valence-electron chi connectivity index (χ0n) is 9.71. The molecule has 0 aliphatic heterocycles. The summed E-state index contributed by atoms with van der Waals surface area (Å²) in [5.74, 6) is 0.459. The lowest BCUT2D eigenvalue weighted by molar-refractivity contribution is 0.0939. The van der Waals surface area contributed by atoms with Gasteiger partial charge in [0.2, 0.25) is 0 Å². The molecule has 1 rings (SSSR count). The Morgan fingerprint density at radius 3 is 2.75 bits per heavy atom. The fourth-order valence-electron chi connectivity index (χ4n) is 1.22. The molecule has 0 aliphatic rings. The number of hydrogen-bond acceptors (Lipinski definition) is 2. The van der Waals surface area contributed by atoms with Crippen molar-refractivity contribution in [1.29, 1.82) is 0 Å². The molecule has 0 unspecified atom stereocenters. The van der Waals surface area contributed by atoms with Gasteiger partial charge in [-0.1, -0.05) is 18.5 Å². The van der Waals surface area contributed by atoms with Crippen LogP contribution >= 0.6 is 11.6 Å². The van der Waals surface area contributed by atoms with E-state index >= 15 is 0 Å². The summed E-state index contributed by atoms with van der Waals surface area (Å²) in [4.78, 5) is 11.8. The second-order valence-corrected chi connectivity index (χ2v) is 4.04. The molecule has 1 amide bonds. The molecule has 1 atom stereocenters. The van der Waals surface area contributed by atoms with Gasteiger partial charge in [0, 0.05) is 11.6 Å². The second kappa shape index (κ2) is 5.75. The SMILES string of the molecule is CC[C@@H](C)NC(=O)c1ccc(OC)c(Cl)c1. The summed E-state index contributed by atoms with van der Waals surface area (Å²) in [5, 5.41) is 3.32. The van der Waals surface area contributed by atoms with E-state index in [9.17, 15) is 4.79 Å². The van der Waals surface area contributed by atoms with E-state index in [1.807, 2.05) is 13.8 Å². The Bertz CT molecular complexity index is 379. The molecule has 0 fully saturated rings. The molecule has 0 bridgehead atoms. The first-order chi connectivity index (χ1) is 7.58. The van der Waals surface area contributed by atoms with Crippen molar-refractivity contribution >= 4 is 17.5 Å². The number of rotatable bonds is 4. The number of benzene rings is 1. The van der Waals surface area contributed by atoms with E-state index in [1.54, 1.807) is 25.3 Å². The molecule has 0 aromatic heterocycles. The maximum atomic E-state index is 11.8. The lowest BCUT2D eigenvalue weighted by Crippen LogP contribution is -2.31. The van der Waals surface area contributed by atoms with Gasteiger partial charge in [-0.3, -0.25) is 4.79 Å². The predicted octanol–water partition coefficient (Wildman–Crippen LogP) is 2.88. The number of nitrogens with one attached hydrogen (secondary N) is 1. The van der Waals surface area contributed by atoms with Gasteiger partial charge in [-0.05, 0) is 31.5 Å². The summed E-state index contributed by atoms with van der Waals surface area (Å²) in [6, 6.07) is 5.15. The highest BCUT2D eigenvalue weighted by Gasteiger charge is 2.10. The third kappa shape index (κ3) is 3.14. The number of methoxy groups -OCH3 is 1. The molecule has 16 heavy (non-hydrogen) atoms. The first-order valence-electron chi connectivity index (χ1n) is 5.22. The van der Waals surface area contributed by atoms with Gasteiger partial charge in [0.25, 0.3) is 5.91 Å². The quantitative estimate of drug-likeness (QED) is 0.880. The first-order valence-corrected chi connectivity index (χ1v) is 5.60. The summed E-state index contributed by atoms with van der Waals surface area (Å²) >= 11 is 5.94. The zero-order valence-corrected chi connectivity index (χ0v) is 10.5. The normalized spacial score (nSPS) is 12.0. The van der Waals surface area contributed by atoms with Crippen LogP contribution in [0.3, 0.4) is 0 Å². The van der Waals surface area contributed by atoms with Gasteiger partial charge < -0.3 is 10.1 Å². The molecule has 88 valence electrons. The summed E-state index contributed by atoms with van der Waals surface area (Å²) in [5.41, 5.74) is 0.547. The van der Waals surface area contributed by atoms with E-state index in [0.717, 1.165) is 6.42 Å². The molecule has 0 aliphatic carbocycles. The summed E-state index contributed by atoms with van der Waals surface area (Å²) in [6.07, 6.45) is 0.898. The first kappa shape index (κ1) is 12.8. The molecule has 0 radical (unpaired) electrons. The fraction of sp³-hybridized carbons (Fsp3) is 0.417. The van der Waals surface area contributed by atoms with Crippen LogP contribution in [0.2, 0.25) is 5.02 Å². The molecule has 1 N–H and O–H groups in total. The average molecular weight is 242 g/mol. The van der Waals surface area contributed by atoms with Crippen LogP contribution in [-0.4, -0.2) is 19.1 Å². The van der Waals surface area contributed by atoms with Gasteiger partial charge in [-0.25, -0.2) is 0 Å². The van der Waals surface area contributed by atoms with Crippen LogP contribution in [0.1, 0.15) is 30.6 Å². The fourth-order valence-corrected chi connectivity index (χ4v) is 1.47. The highest BCUT2D eigenvalue weighted by molar-refractivity contribution is 6.32. The molecule has 4 heteroatoms. The molecule has 0 saturated heterocycles. The Labute approximate surface area is 101 Å². The van der Waals surface area contributed by atoms with E-state index in [0.29, 0.717) is 16.3 Å². The molecule has 1 aromatic rings. The van der Waals surface area contributed by atoms with Gasteiger partial charge in [0.05, 0.1) is 12.1 Å². The van der Waals surface area contributed by atoms with Crippen molar-refractivity contribution in [2.24, 2.45) is 0 Å². The van der Waals surface area contributed by atoms with Crippen molar-refractivity contribution in [1.82, 2.24) is 5.32 Å². The van der Waals surface area contributed by atoms with Crippen molar-refractivity contribution in [3.63, 3.8) is 0 Å². The molecule has 0 saturated carbocycles. The molecule has 0 spiro atoms. The third-order valence-corrected chi connectivity index (χ3v) is 2.70. The number of halogens is 1. The average Bonchev–Trinajstić information content (AvgIpc) is 2.28. The molecule has 0 heterocycles. The third-order valence-electron chi connectivity index (χ3n) is 2.40. The van der Waals surface area contributed by atoms with Gasteiger partial charge in [-0.15, -0.1) is 0 Å². The van der Waals surface area contributed by atoms with Crippen molar-refractivity contribution in [2.45, 2.75) is 26.3 Å². The Balaban J connectivity index is 2.81. The smallest absolute Gasteiger partial charge is 0.251 e. The topological polar surface area (TPSA) is 38.3 Å². The lowest BCUT2D eigenvalue weighted by Gasteiger charge is -2.12. The molecular formula is C12H16ClNO2. The molecule has 1 aromatic carbocycles. The van der Waals surface area contributed by atoms with Crippen LogP contribution in [0.25, 0.3) is 0 Å². The van der Waals surface area contributed by atoms with Crippen LogP contribution in [0.4, 0.5) is 0 Å². The van der Waals surface area contributed by atoms with Crippen molar-refractivity contribution < 1.29 is 9.53 Å². The van der Waals surface area contributed by atoms with E-state index in [4.69, 9.17) is 16.3 Å². The Morgan fingerprint density at radius 1 is 1.56 bits per heavy atom. The zero-order chi connectivity index (χ0) is 12.1. The number of carbonyl (C=O) groups is 1. The van der Waals surface area contributed by atoms with Crippen LogP contribution < -0.4 is 10.1 Å². The number of carbonyl (C=O) groups excluding carboxylic acids is 1. The standard InChI is InChI=1S/C12H16ClNO2/c1-4-8(2)14-12(15)9-5-6-11(16-3)10(13)7-9/h5-8H,4H2,1-3H3,(H,14,15)/t8-/m1/s1. The van der Waals surface area contributed by atoms with Crippen LogP contribution in [0, 0.1) is 0 Å². The van der Waals surface area contributed by atoms with Gasteiger partial charge in [0.1, 0.15) is 5.75 Å². The number of hydrogen-bond donors (Lipinski definition) is 1. The van der Waals surface area contributed by atoms with Crippen LogP contribution in [-0.2, 0) is 0 Å². The number of amides is 1. The van der Waals surface area contributed by atoms with Gasteiger partial charge >= 0.3 is 0 Å². The monoisotopic (exact) mass is 241 g/mol. The lowest BCUT2D eigenvalue weighted by atomic mass is 10.2. The van der Waals surface area contributed by atoms with Crippen molar-refractivity contribution in [3.8, 4) is 5.75 Å². The largest absolute Gasteiger partial charge is 0.495 e. The van der Waals surface area contributed by atoms with Gasteiger partial charge in [-0.2, -0.15) is 0 Å². The van der Waals surface area contributed by atoms with Crippen molar-refractivity contribution in [3.05, 3.63) is 28.8 Å². The van der Waals surface area contributed by atoms with Crippen LogP contribution in [0.15, 0.2) is 18.2 Å². The predicted molar refractivity (Wildman–Crippen MR) is 65.2 cm³/mol. The maximum absolute atomic E-state index is 11.8. The maximum Gasteiger partial charge on any atom is 0.251 e. The van der Waals surface area contributed by atoms with E-state index in [1.165, 1.54) is 0 Å². The minimum atomic E-state index is -0.112. The van der Waals surface area contributed by atoms with Crippen molar-refractivity contribution in [2.75, 3.05) is 7.11 Å². The van der Waals surface area contributed by atoms with Gasteiger partial charge in [0.15, 0.2) is 0 Å². The molecular weight excluding hydrogens is 226 g/mol. The Hall–Kier alpha value is -1.22. The van der Waals surface area contributed by atoms with E-state index in [-0.39, 0.29) is 11.9 Å². The minimum Gasteiger partial charge on any atom is -0.495 e. The summed E-state index contributed by atoms with van der Waals surface area (Å²) in [6.45, 7) is 3.98.